The smallest absolute Gasteiger partial charge is 0.329 e. The maximum absolute atomic E-state index is 13.7. The molecule has 0 radical (unpaired) electrons. The highest BCUT2D eigenvalue weighted by atomic mass is 19.1. The summed E-state index contributed by atoms with van der Waals surface area (Å²) >= 11 is 0. The van der Waals surface area contributed by atoms with Gasteiger partial charge in [0.25, 0.3) is 5.91 Å². The second-order valence-electron chi connectivity index (χ2n) is 6.81. The van der Waals surface area contributed by atoms with Crippen LogP contribution >= 0.6 is 0 Å². The molecule has 0 unspecified atom stereocenters. The fraction of sp³-hybridized carbons (Fsp3) is 0.0870. The van der Waals surface area contributed by atoms with Gasteiger partial charge in [0.2, 0.25) is 5.91 Å². The summed E-state index contributed by atoms with van der Waals surface area (Å²) in [6.45, 7) is -0.542. The summed E-state index contributed by atoms with van der Waals surface area (Å²) in [6.07, 6.45) is 1.55. The van der Waals surface area contributed by atoms with Crippen molar-refractivity contribution in [1.29, 1.82) is 0 Å². The van der Waals surface area contributed by atoms with Crippen LogP contribution in [0.4, 0.5) is 14.9 Å². The second kappa shape index (κ2) is 8.27. The van der Waals surface area contributed by atoms with Crippen LogP contribution < -0.4 is 15.4 Å². The van der Waals surface area contributed by atoms with E-state index in [2.05, 4.69) is 10.6 Å². The number of carbonyl (C=O) groups is 3. The van der Waals surface area contributed by atoms with Gasteiger partial charge in [-0.1, -0.05) is 42.5 Å². The lowest BCUT2D eigenvalue weighted by molar-refractivity contribution is -0.127. The van der Waals surface area contributed by atoms with Crippen molar-refractivity contribution in [2.45, 2.75) is 0 Å². The number of nitrogens with zero attached hydrogens (tertiary/aromatic N) is 1. The van der Waals surface area contributed by atoms with Crippen LogP contribution in [0.3, 0.4) is 0 Å². The van der Waals surface area contributed by atoms with Crippen LogP contribution in [0.1, 0.15) is 5.56 Å². The molecule has 7 nitrogen and oxygen atoms in total. The summed E-state index contributed by atoms with van der Waals surface area (Å²) in [5.41, 5.74) is 0.719. The molecule has 4 amide bonds. The molecule has 0 aliphatic carbocycles. The molecule has 3 aromatic rings. The van der Waals surface area contributed by atoms with Crippen molar-refractivity contribution in [3.05, 3.63) is 77.7 Å². The van der Waals surface area contributed by atoms with E-state index >= 15 is 0 Å². The maximum Gasteiger partial charge on any atom is 0.329 e. The zero-order valence-corrected chi connectivity index (χ0v) is 16.5. The quantitative estimate of drug-likeness (QED) is 0.489. The van der Waals surface area contributed by atoms with Crippen LogP contribution in [-0.2, 0) is 9.59 Å². The van der Waals surface area contributed by atoms with E-state index in [0.717, 1.165) is 15.7 Å². The number of hydrogen-bond acceptors (Lipinski definition) is 4. The van der Waals surface area contributed by atoms with Gasteiger partial charge in [0, 0.05) is 5.39 Å². The zero-order valence-electron chi connectivity index (χ0n) is 16.5. The van der Waals surface area contributed by atoms with Crippen LogP contribution in [0.2, 0.25) is 0 Å². The predicted octanol–water partition coefficient (Wildman–Crippen LogP) is 3.52. The second-order valence-corrected chi connectivity index (χ2v) is 6.81. The van der Waals surface area contributed by atoms with Crippen LogP contribution in [0.15, 0.2) is 66.4 Å². The molecule has 3 aromatic carbocycles. The Balaban J connectivity index is 1.56. The van der Waals surface area contributed by atoms with E-state index in [1.165, 1.54) is 18.2 Å². The number of rotatable bonds is 5. The van der Waals surface area contributed by atoms with E-state index < -0.39 is 30.2 Å². The lowest BCUT2D eigenvalue weighted by Gasteiger charge is -2.12. The molecule has 31 heavy (non-hydrogen) atoms. The first-order valence-electron chi connectivity index (χ1n) is 9.42. The Morgan fingerprint density at radius 3 is 2.52 bits per heavy atom. The summed E-state index contributed by atoms with van der Waals surface area (Å²) in [4.78, 5) is 38.0. The fourth-order valence-corrected chi connectivity index (χ4v) is 3.37. The SMILES string of the molecule is COc1ccc(/C=C2/NC(=O)N(CC(=O)Nc3ccccc3F)C2=O)c2ccccc12. The van der Waals surface area contributed by atoms with Gasteiger partial charge in [-0.15, -0.1) is 0 Å². The molecule has 0 spiro atoms. The third-order valence-corrected chi connectivity index (χ3v) is 4.85. The lowest BCUT2D eigenvalue weighted by Crippen LogP contribution is -2.38. The minimum absolute atomic E-state index is 0.0278. The average molecular weight is 419 g/mol. The number of ether oxygens (including phenoxy) is 1. The number of urea groups is 1. The molecular formula is C23H18FN3O4. The van der Waals surface area contributed by atoms with Crippen LogP contribution in [0.25, 0.3) is 16.8 Å². The molecule has 0 aromatic heterocycles. The average Bonchev–Trinajstić information content (AvgIpc) is 3.03. The van der Waals surface area contributed by atoms with Crippen molar-refractivity contribution >= 4 is 40.4 Å². The van der Waals surface area contributed by atoms with E-state index in [9.17, 15) is 18.8 Å². The number of methoxy groups -OCH3 is 1. The number of benzene rings is 3. The molecule has 0 saturated carbocycles. The lowest BCUT2D eigenvalue weighted by atomic mass is 10.0. The molecule has 2 N–H and O–H groups in total. The Bertz CT molecular complexity index is 1240. The third-order valence-electron chi connectivity index (χ3n) is 4.85. The Hall–Kier alpha value is -4.20. The number of anilines is 1. The number of carbonyl (C=O) groups excluding carboxylic acids is 3. The van der Waals surface area contributed by atoms with Gasteiger partial charge in [-0.3, -0.25) is 9.59 Å². The van der Waals surface area contributed by atoms with Crippen LogP contribution in [0.5, 0.6) is 5.75 Å². The molecule has 1 aliphatic rings. The molecule has 0 atom stereocenters. The molecule has 1 fully saturated rings. The van der Waals surface area contributed by atoms with Crippen LogP contribution in [-0.4, -0.2) is 36.4 Å². The van der Waals surface area contributed by atoms with E-state index in [1.54, 1.807) is 31.4 Å². The highest BCUT2D eigenvalue weighted by Gasteiger charge is 2.35. The Labute approximate surface area is 177 Å². The summed E-state index contributed by atoms with van der Waals surface area (Å²) in [7, 11) is 1.57. The topological polar surface area (TPSA) is 87.7 Å². The molecular weight excluding hydrogens is 401 g/mol. The minimum atomic E-state index is -0.724. The number of fused-ring (bicyclic) bond motifs is 1. The molecule has 8 heteroatoms. The monoisotopic (exact) mass is 419 g/mol. The number of hydrogen-bond donors (Lipinski definition) is 2. The van der Waals surface area contributed by atoms with Crippen molar-refractivity contribution in [2.24, 2.45) is 0 Å². The van der Waals surface area contributed by atoms with Crippen molar-refractivity contribution in [3.8, 4) is 5.75 Å². The van der Waals surface area contributed by atoms with Gasteiger partial charge >= 0.3 is 6.03 Å². The highest BCUT2D eigenvalue weighted by Crippen LogP contribution is 2.30. The third kappa shape index (κ3) is 3.95. The molecule has 0 bridgehead atoms. The summed E-state index contributed by atoms with van der Waals surface area (Å²) < 4.78 is 19.1. The van der Waals surface area contributed by atoms with Crippen molar-refractivity contribution < 1.29 is 23.5 Å². The van der Waals surface area contributed by atoms with Gasteiger partial charge < -0.3 is 15.4 Å². The largest absolute Gasteiger partial charge is 0.496 e. The van der Waals surface area contributed by atoms with E-state index in [0.29, 0.717) is 11.3 Å². The number of para-hydroxylation sites is 1. The zero-order chi connectivity index (χ0) is 22.0. The van der Waals surface area contributed by atoms with Crippen molar-refractivity contribution in [2.75, 3.05) is 19.0 Å². The first-order chi connectivity index (χ1) is 15.0. The van der Waals surface area contributed by atoms with Gasteiger partial charge in [0.15, 0.2) is 0 Å². The van der Waals surface area contributed by atoms with Gasteiger partial charge in [-0.25, -0.2) is 14.1 Å². The summed E-state index contributed by atoms with van der Waals surface area (Å²) in [6, 6.07) is 16.0. The highest BCUT2D eigenvalue weighted by molar-refractivity contribution is 6.16. The van der Waals surface area contributed by atoms with Gasteiger partial charge in [-0.2, -0.15) is 0 Å². The first-order valence-corrected chi connectivity index (χ1v) is 9.42. The molecule has 1 heterocycles. The van der Waals surface area contributed by atoms with E-state index in [4.69, 9.17) is 4.74 Å². The summed E-state index contributed by atoms with van der Waals surface area (Å²) in [5.74, 6) is -1.26. The number of nitrogens with one attached hydrogen (secondary N) is 2. The number of halogens is 1. The van der Waals surface area contributed by atoms with Gasteiger partial charge in [-0.05, 0) is 35.2 Å². The van der Waals surface area contributed by atoms with Crippen LogP contribution in [0, 0.1) is 5.82 Å². The molecule has 156 valence electrons. The fourth-order valence-electron chi connectivity index (χ4n) is 3.37. The Kier molecular flexibility index (Phi) is 5.36. The molecule has 1 saturated heterocycles. The van der Waals surface area contributed by atoms with Gasteiger partial charge in [0.05, 0.1) is 12.8 Å². The number of imide groups is 1. The van der Waals surface area contributed by atoms with E-state index in [1.807, 2.05) is 24.3 Å². The first kappa shape index (κ1) is 20.1. The Morgan fingerprint density at radius 2 is 1.77 bits per heavy atom. The van der Waals surface area contributed by atoms with E-state index in [-0.39, 0.29) is 11.4 Å². The van der Waals surface area contributed by atoms with Crippen molar-refractivity contribution in [3.63, 3.8) is 0 Å². The standard InChI is InChI=1S/C23H18FN3O4/c1-31-20-11-10-14(15-6-2-3-7-16(15)20)12-19-22(29)27(23(30)26-19)13-21(28)25-18-9-5-4-8-17(18)24/h2-12H,13H2,1H3,(H,25,28)(H,26,30)/b19-12+. The Morgan fingerprint density at radius 1 is 1.06 bits per heavy atom. The minimum Gasteiger partial charge on any atom is -0.496 e. The molecule has 4 rings (SSSR count). The molecule has 1 aliphatic heterocycles. The van der Waals surface area contributed by atoms with Crippen molar-refractivity contribution in [1.82, 2.24) is 10.2 Å². The summed E-state index contributed by atoms with van der Waals surface area (Å²) in [5, 5.41) is 6.55. The normalized spacial score (nSPS) is 14.8. The maximum atomic E-state index is 13.7. The number of amides is 4. The van der Waals surface area contributed by atoms with Gasteiger partial charge in [0.1, 0.15) is 23.8 Å². The predicted molar refractivity (Wildman–Crippen MR) is 114 cm³/mol.